The molecule has 0 bridgehead atoms. The summed E-state index contributed by atoms with van der Waals surface area (Å²) in [5.41, 5.74) is 0. The van der Waals surface area contributed by atoms with Crippen molar-refractivity contribution in [2.45, 2.75) is 12.5 Å². The summed E-state index contributed by atoms with van der Waals surface area (Å²) in [6.07, 6.45) is 0.514. The van der Waals surface area contributed by atoms with Crippen molar-refractivity contribution in [1.82, 2.24) is 10.6 Å². The monoisotopic (exact) mass is 376 g/mol. The molecule has 136 valence electrons. The number of thioether (sulfide) groups is 1. The third-order valence-electron chi connectivity index (χ3n) is 3.45. The number of methoxy groups -OCH3 is 2. The van der Waals surface area contributed by atoms with Gasteiger partial charge in [-0.3, -0.25) is 4.79 Å². The molecule has 2 rings (SSSR count). The zero-order valence-electron chi connectivity index (χ0n) is 14.0. The third-order valence-corrected chi connectivity index (χ3v) is 4.58. The molecule has 1 aliphatic rings. The third kappa shape index (κ3) is 7.07. The van der Waals surface area contributed by atoms with E-state index in [4.69, 9.17) is 14.2 Å². The van der Waals surface area contributed by atoms with E-state index in [2.05, 4.69) is 10.6 Å². The van der Waals surface area contributed by atoms with Crippen LogP contribution in [0.25, 0.3) is 0 Å². The van der Waals surface area contributed by atoms with Gasteiger partial charge in [0.15, 0.2) is 0 Å². The fourth-order valence-corrected chi connectivity index (χ4v) is 3.22. The van der Waals surface area contributed by atoms with E-state index < -0.39 is 0 Å². The number of carbonyl (C=O) groups is 1. The van der Waals surface area contributed by atoms with Crippen molar-refractivity contribution in [1.29, 1.82) is 0 Å². The Bertz CT molecular complexity index is 491. The van der Waals surface area contributed by atoms with Gasteiger partial charge in [0.1, 0.15) is 23.9 Å². The molecular formula is C16H25ClN2O4S. The Morgan fingerprint density at radius 2 is 1.92 bits per heavy atom. The quantitative estimate of drug-likeness (QED) is 0.673. The Hall–Kier alpha value is -1.31. The summed E-state index contributed by atoms with van der Waals surface area (Å²) in [4.78, 5) is 11.9. The molecule has 1 amide bonds. The van der Waals surface area contributed by atoms with Crippen molar-refractivity contribution in [2.24, 2.45) is 0 Å². The topological polar surface area (TPSA) is 68.8 Å². The summed E-state index contributed by atoms with van der Waals surface area (Å²) in [7, 11) is 3.19. The molecule has 1 unspecified atom stereocenters. The van der Waals surface area contributed by atoms with Crippen molar-refractivity contribution in [3.63, 3.8) is 0 Å². The highest BCUT2D eigenvalue weighted by atomic mass is 35.5. The van der Waals surface area contributed by atoms with Crippen molar-refractivity contribution >= 4 is 30.1 Å². The summed E-state index contributed by atoms with van der Waals surface area (Å²) in [5.74, 6) is 4.16. The molecule has 0 radical (unpaired) electrons. The Kier molecular flexibility index (Phi) is 9.75. The van der Waals surface area contributed by atoms with Crippen molar-refractivity contribution in [3.05, 3.63) is 18.2 Å². The van der Waals surface area contributed by atoms with Gasteiger partial charge in [0.2, 0.25) is 5.91 Å². The lowest BCUT2D eigenvalue weighted by molar-refractivity contribution is -0.121. The summed E-state index contributed by atoms with van der Waals surface area (Å²) in [6.45, 7) is 1.84. The molecule has 1 aliphatic heterocycles. The first-order valence-corrected chi connectivity index (χ1v) is 8.80. The van der Waals surface area contributed by atoms with E-state index in [-0.39, 0.29) is 24.4 Å². The number of ether oxygens (including phenoxy) is 3. The Morgan fingerprint density at radius 3 is 2.50 bits per heavy atom. The van der Waals surface area contributed by atoms with Crippen LogP contribution in [0.3, 0.4) is 0 Å². The largest absolute Gasteiger partial charge is 0.496 e. The number of amides is 1. The van der Waals surface area contributed by atoms with Crippen LogP contribution in [0, 0.1) is 0 Å². The lowest BCUT2D eigenvalue weighted by atomic mass is 10.2. The minimum atomic E-state index is 0. The van der Waals surface area contributed by atoms with Gasteiger partial charge in [-0.25, -0.2) is 0 Å². The van der Waals surface area contributed by atoms with Crippen LogP contribution >= 0.6 is 24.2 Å². The van der Waals surface area contributed by atoms with E-state index in [1.165, 1.54) is 0 Å². The Labute approximate surface area is 153 Å². The SMILES string of the molecule is COc1cc(OC)cc(OCCNC(=O)CC2CSCCN2)c1.Cl. The maximum atomic E-state index is 11.9. The maximum Gasteiger partial charge on any atom is 0.221 e. The second-order valence-electron chi connectivity index (χ2n) is 5.18. The second kappa shape index (κ2) is 11.3. The lowest BCUT2D eigenvalue weighted by Gasteiger charge is -2.22. The van der Waals surface area contributed by atoms with Gasteiger partial charge in [-0.1, -0.05) is 0 Å². The molecule has 1 heterocycles. The van der Waals surface area contributed by atoms with Gasteiger partial charge in [0, 0.05) is 48.7 Å². The average Bonchev–Trinajstić information content (AvgIpc) is 2.59. The minimum Gasteiger partial charge on any atom is -0.496 e. The van der Waals surface area contributed by atoms with Crippen LogP contribution in [-0.4, -0.2) is 57.4 Å². The van der Waals surface area contributed by atoms with Crippen LogP contribution < -0.4 is 24.8 Å². The number of hydrogen-bond acceptors (Lipinski definition) is 6. The first kappa shape index (κ1) is 20.7. The van der Waals surface area contributed by atoms with Crippen LogP contribution in [-0.2, 0) is 4.79 Å². The Morgan fingerprint density at radius 1 is 1.25 bits per heavy atom. The molecule has 1 saturated heterocycles. The minimum absolute atomic E-state index is 0. The predicted molar refractivity (Wildman–Crippen MR) is 99.0 cm³/mol. The number of halogens is 1. The zero-order chi connectivity index (χ0) is 16.5. The number of hydrogen-bond donors (Lipinski definition) is 2. The normalized spacial score (nSPS) is 16.7. The number of carbonyl (C=O) groups excluding carboxylic acids is 1. The van der Waals surface area contributed by atoms with Crippen LogP contribution in [0.2, 0.25) is 0 Å². The summed E-state index contributed by atoms with van der Waals surface area (Å²) >= 11 is 1.89. The van der Waals surface area contributed by atoms with Crippen LogP contribution in [0.4, 0.5) is 0 Å². The van der Waals surface area contributed by atoms with E-state index in [1.807, 2.05) is 11.8 Å². The Balaban J connectivity index is 0.00000288. The molecular weight excluding hydrogens is 352 g/mol. The zero-order valence-corrected chi connectivity index (χ0v) is 15.6. The van der Waals surface area contributed by atoms with E-state index in [0.29, 0.717) is 36.8 Å². The summed E-state index contributed by atoms with van der Waals surface area (Å²) < 4.78 is 16.0. The van der Waals surface area contributed by atoms with E-state index in [1.54, 1.807) is 32.4 Å². The van der Waals surface area contributed by atoms with Gasteiger partial charge < -0.3 is 24.8 Å². The molecule has 0 saturated carbocycles. The van der Waals surface area contributed by atoms with Gasteiger partial charge in [-0.2, -0.15) is 11.8 Å². The van der Waals surface area contributed by atoms with Gasteiger partial charge in [-0.05, 0) is 0 Å². The van der Waals surface area contributed by atoms with Gasteiger partial charge >= 0.3 is 0 Å². The van der Waals surface area contributed by atoms with Crippen molar-refractivity contribution in [2.75, 3.05) is 45.4 Å². The average molecular weight is 377 g/mol. The van der Waals surface area contributed by atoms with Gasteiger partial charge in [0.25, 0.3) is 0 Å². The standard InChI is InChI=1S/C16H24N2O4S.ClH/c1-20-13-8-14(21-2)10-15(9-13)22-5-3-18-16(19)7-12-11-23-6-4-17-12;/h8-10,12,17H,3-7,11H2,1-2H3,(H,18,19);1H. The fourth-order valence-electron chi connectivity index (χ4n) is 2.27. The van der Waals surface area contributed by atoms with Crippen LogP contribution in [0.15, 0.2) is 18.2 Å². The van der Waals surface area contributed by atoms with Gasteiger partial charge in [0.05, 0.1) is 20.8 Å². The summed E-state index contributed by atoms with van der Waals surface area (Å²) in [5, 5.41) is 6.23. The molecule has 8 heteroatoms. The first-order valence-electron chi connectivity index (χ1n) is 7.65. The molecule has 24 heavy (non-hydrogen) atoms. The molecule has 2 N–H and O–H groups in total. The van der Waals surface area contributed by atoms with E-state index >= 15 is 0 Å². The van der Waals surface area contributed by atoms with Crippen LogP contribution in [0.1, 0.15) is 6.42 Å². The number of rotatable bonds is 8. The number of benzene rings is 1. The van der Waals surface area contributed by atoms with Crippen molar-refractivity contribution < 1.29 is 19.0 Å². The predicted octanol–water partition coefficient (Wildman–Crippen LogP) is 1.72. The van der Waals surface area contributed by atoms with Crippen LogP contribution in [0.5, 0.6) is 17.2 Å². The lowest BCUT2D eigenvalue weighted by Crippen LogP contribution is -2.41. The molecule has 1 aromatic rings. The highest BCUT2D eigenvalue weighted by molar-refractivity contribution is 7.99. The second-order valence-corrected chi connectivity index (χ2v) is 6.33. The molecule has 6 nitrogen and oxygen atoms in total. The van der Waals surface area contributed by atoms with E-state index in [9.17, 15) is 4.79 Å². The number of nitrogens with one attached hydrogen (secondary N) is 2. The molecule has 1 fully saturated rings. The van der Waals surface area contributed by atoms with E-state index in [0.717, 1.165) is 18.1 Å². The molecule has 0 aliphatic carbocycles. The smallest absolute Gasteiger partial charge is 0.221 e. The molecule has 0 aromatic heterocycles. The van der Waals surface area contributed by atoms with Gasteiger partial charge in [-0.15, -0.1) is 12.4 Å². The highest BCUT2D eigenvalue weighted by Crippen LogP contribution is 2.27. The fraction of sp³-hybridized carbons (Fsp3) is 0.562. The molecule has 1 atom stereocenters. The summed E-state index contributed by atoms with van der Waals surface area (Å²) in [6, 6.07) is 5.63. The molecule has 0 spiro atoms. The molecule has 1 aromatic carbocycles. The van der Waals surface area contributed by atoms with Crippen molar-refractivity contribution in [3.8, 4) is 17.2 Å². The highest BCUT2D eigenvalue weighted by Gasteiger charge is 2.16. The maximum absolute atomic E-state index is 11.9. The first-order chi connectivity index (χ1) is 11.2.